The van der Waals surface area contributed by atoms with E-state index in [1.807, 2.05) is 6.07 Å². The van der Waals surface area contributed by atoms with Crippen molar-refractivity contribution in [2.24, 2.45) is 18.9 Å². The molecular weight excluding hydrogens is 328 g/mol. The van der Waals surface area contributed by atoms with Crippen LogP contribution in [-0.2, 0) is 13.6 Å². The van der Waals surface area contributed by atoms with E-state index < -0.39 is 0 Å². The zero-order chi connectivity index (χ0) is 17.7. The number of likely N-dealkylation sites (tertiary alicyclic amines) is 1. The van der Waals surface area contributed by atoms with Crippen molar-refractivity contribution < 1.29 is 0 Å². The molecule has 0 radical (unpaired) electrons. The van der Waals surface area contributed by atoms with Gasteiger partial charge in [-0.25, -0.2) is 19.7 Å². The van der Waals surface area contributed by atoms with Gasteiger partial charge in [-0.1, -0.05) is 0 Å². The van der Waals surface area contributed by atoms with E-state index in [1.165, 1.54) is 18.5 Å². The molecule has 0 amide bonds. The molecule has 0 N–H and O–H groups in total. The summed E-state index contributed by atoms with van der Waals surface area (Å²) in [4.78, 5) is 29.4. The lowest BCUT2D eigenvalue weighted by atomic mass is 10.0. The van der Waals surface area contributed by atoms with E-state index in [1.54, 1.807) is 24.1 Å². The average Bonchev–Trinajstić information content (AvgIpc) is 3.32. The fourth-order valence-corrected chi connectivity index (χ4v) is 4.44. The normalized spacial score (nSPS) is 25.7. The van der Waals surface area contributed by atoms with Crippen molar-refractivity contribution in [2.45, 2.75) is 25.3 Å². The van der Waals surface area contributed by atoms with Gasteiger partial charge in [0.15, 0.2) is 0 Å². The molecular formula is C19H24N6O. The minimum Gasteiger partial charge on any atom is -0.356 e. The summed E-state index contributed by atoms with van der Waals surface area (Å²) < 4.78 is 1.65. The number of hydrogen-bond acceptors (Lipinski definition) is 6. The van der Waals surface area contributed by atoms with E-state index >= 15 is 0 Å². The molecule has 2 aromatic heterocycles. The molecule has 2 unspecified atom stereocenters. The van der Waals surface area contributed by atoms with Crippen LogP contribution < -0.4 is 10.6 Å². The Balaban J connectivity index is 1.24. The second kappa shape index (κ2) is 6.16. The lowest BCUT2D eigenvalue weighted by Gasteiger charge is -2.23. The van der Waals surface area contributed by atoms with Crippen molar-refractivity contribution >= 4 is 5.82 Å². The Morgan fingerprint density at radius 1 is 1.08 bits per heavy atom. The molecule has 2 atom stereocenters. The molecule has 7 heteroatoms. The van der Waals surface area contributed by atoms with Gasteiger partial charge in [-0.2, -0.15) is 0 Å². The zero-order valence-corrected chi connectivity index (χ0v) is 15.1. The maximum atomic E-state index is 11.7. The number of hydrogen-bond donors (Lipinski definition) is 0. The van der Waals surface area contributed by atoms with Gasteiger partial charge in [-0.15, -0.1) is 0 Å². The van der Waals surface area contributed by atoms with Crippen molar-refractivity contribution in [1.82, 2.24) is 24.4 Å². The van der Waals surface area contributed by atoms with Gasteiger partial charge in [0, 0.05) is 69.3 Å². The van der Waals surface area contributed by atoms with Crippen LogP contribution in [0.3, 0.4) is 0 Å². The first-order chi connectivity index (χ1) is 12.7. The molecule has 0 spiro atoms. The lowest BCUT2D eigenvalue weighted by Crippen LogP contribution is -2.31. The van der Waals surface area contributed by atoms with Gasteiger partial charge in [0.05, 0.1) is 0 Å². The minimum atomic E-state index is -0.178. The number of rotatable bonds is 4. The number of aromatic nitrogens is 4. The fourth-order valence-electron chi connectivity index (χ4n) is 4.44. The van der Waals surface area contributed by atoms with E-state index in [0.717, 1.165) is 44.2 Å². The summed E-state index contributed by atoms with van der Waals surface area (Å²) in [5.41, 5.74) is 2.07. The molecule has 1 saturated carbocycles. The summed E-state index contributed by atoms with van der Waals surface area (Å²) in [6.45, 7) is 5.12. The van der Waals surface area contributed by atoms with Gasteiger partial charge >= 0.3 is 5.69 Å². The topological polar surface area (TPSA) is 67.2 Å². The summed E-state index contributed by atoms with van der Waals surface area (Å²) in [7, 11) is 1.80. The third-order valence-corrected chi connectivity index (χ3v) is 6.11. The summed E-state index contributed by atoms with van der Waals surface area (Å²) in [5.74, 6) is 3.11. The van der Waals surface area contributed by atoms with Gasteiger partial charge in [0.2, 0.25) is 0 Å². The highest BCUT2D eigenvalue weighted by Gasteiger charge is 2.40. The predicted molar refractivity (Wildman–Crippen MR) is 98.0 cm³/mol. The van der Waals surface area contributed by atoms with Gasteiger partial charge in [0.25, 0.3) is 0 Å². The second-order valence-corrected chi connectivity index (χ2v) is 7.97. The first-order valence-electron chi connectivity index (χ1n) is 9.47. The SMILES string of the molecule is Cn1c(CN2CC3CN(c4cc(C5CC5)ncn4)CC3C2)ccnc1=O. The largest absolute Gasteiger partial charge is 0.356 e. The third kappa shape index (κ3) is 2.90. The van der Waals surface area contributed by atoms with Crippen molar-refractivity contribution in [3.63, 3.8) is 0 Å². The summed E-state index contributed by atoms with van der Waals surface area (Å²) in [6.07, 6.45) is 5.89. The van der Waals surface area contributed by atoms with Crippen molar-refractivity contribution in [3.8, 4) is 0 Å². The minimum absolute atomic E-state index is 0.178. The Labute approximate surface area is 152 Å². The Bertz CT molecular complexity index is 862. The zero-order valence-electron chi connectivity index (χ0n) is 15.1. The molecule has 136 valence electrons. The van der Waals surface area contributed by atoms with E-state index in [2.05, 4.69) is 30.8 Å². The number of anilines is 1. The Hall–Kier alpha value is -2.28. The molecule has 26 heavy (non-hydrogen) atoms. The van der Waals surface area contributed by atoms with Crippen LogP contribution in [0.1, 0.15) is 30.1 Å². The molecule has 4 heterocycles. The Kier molecular flexibility index (Phi) is 3.77. The molecule has 0 aromatic carbocycles. The maximum Gasteiger partial charge on any atom is 0.347 e. The Morgan fingerprint density at radius 3 is 2.58 bits per heavy atom. The van der Waals surface area contributed by atoms with E-state index in [4.69, 9.17) is 0 Å². The van der Waals surface area contributed by atoms with Gasteiger partial charge < -0.3 is 4.90 Å². The highest BCUT2D eigenvalue weighted by atomic mass is 16.1. The predicted octanol–water partition coefficient (Wildman–Crippen LogP) is 1.02. The molecule has 2 saturated heterocycles. The van der Waals surface area contributed by atoms with Gasteiger partial charge in [-0.05, 0) is 30.7 Å². The van der Waals surface area contributed by atoms with Crippen molar-refractivity contribution in [3.05, 3.63) is 46.5 Å². The molecule has 7 nitrogen and oxygen atoms in total. The summed E-state index contributed by atoms with van der Waals surface area (Å²) in [5, 5.41) is 0. The van der Waals surface area contributed by atoms with E-state index in [-0.39, 0.29) is 5.69 Å². The fraction of sp³-hybridized carbons (Fsp3) is 0.579. The highest BCUT2D eigenvalue weighted by molar-refractivity contribution is 5.42. The molecule has 2 aromatic rings. The molecule has 2 aliphatic heterocycles. The second-order valence-electron chi connectivity index (χ2n) is 7.97. The van der Waals surface area contributed by atoms with E-state index in [0.29, 0.717) is 17.8 Å². The van der Waals surface area contributed by atoms with E-state index in [9.17, 15) is 4.79 Å². The molecule has 3 aliphatic rings. The van der Waals surface area contributed by atoms with Crippen molar-refractivity contribution in [2.75, 3.05) is 31.1 Å². The average molecular weight is 352 g/mol. The maximum absolute atomic E-state index is 11.7. The Morgan fingerprint density at radius 2 is 1.85 bits per heavy atom. The van der Waals surface area contributed by atoms with Crippen LogP contribution in [-0.4, -0.2) is 50.6 Å². The highest BCUT2D eigenvalue weighted by Crippen LogP contribution is 2.40. The summed E-state index contributed by atoms with van der Waals surface area (Å²) in [6, 6.07) is 4.14. The summed E-state index contributed by atoms with van der Waals surface area (Å²) >= 11 is 0. The number of nitrogens with zero attached hydrogens (tertiary/aromatic N) is 6. The van der Waals surface area contributed by atoms with Crippen LogP contribution in [0.5, 0.6) is 0 Å². The number of fused-ring (bicyclic) bond motifs is 1. The standard InChI is InChI=1S/C19H24N6O/c1-23-16(4-5-20-19(23)26)11-24-7-14-9-25(10-15(14)8-24)18-6-17(13-2-3-13)21-12-22-18/h4-6,12-15H,2-3,7-11H2,1H3. The van der Waals surface area contributed by atoms with Crippen LogP contribution in [0.15, 0.2) is 29.5 Å². The van der Waals surface area contributed by atoms with Gasteiger partial charge in [-0.3, -0.25) is 9.47 Å². The van der Waals surface area contributed by atoms with Crippen LogP contribution >= 0.6 is 0 Å². The quantitative estimate of drug-likeness (QED) is 0.818. The molecule has 0 bridgehead atoms. The van der Waals surface area contributed by atoms with Crippen LogP contribution in [0.4, 0.5) is 5.82 Å². The first-order valence-corrected chi connectivity index (χ1v) is 9.47. The van der Waals surface area contributed by atoms with Crippen LogP contribution in [0, 0.1) is 11.8 Å². The molecule has 5 rings (SSSR count). The third-order valence-electron chi connectivity index (χ3n) is 6.11. The monoisotopic (exact) mass is 352 g/mol. The first kappa shape index (κ1) is 15.9. The lowest BCUT2D eigenvalue weighted by molar-refractivity contribution is 0.300. The van der Waals surface area contributed by atoms with Gasteiger partial charge in [0.1, 0.15) is 12.1 Å². The van der Waals surface area contributed by atoms with Crippen molar-refractivity contribution in [1.29, 1.82) is 0 Å². The smallest absolute Gasteiger partial charge is 0.347 e. The van der Waals surface area contributed by atoms with Crippen LogP contribution in [0.2, 0.25) is 0 Å². The molecule has 3 fully saturated rings. The van der Waals surface area contributed by atoms with Crippen LogP contribution in [0.25, 0.3) is 0 Å². The molecule has 1 aliphatic carbocycles.